The number of esters is 1. The number of rotatable bonds is 18. The molecule has 1 aromatic carbocycles. The Hall–Kier alpha value is -1.67. The van der Waals surface area contributed by atoms with E-state index in [0.29, 0.717) is 6.42 Å². The van der Waals surface area contributed by atoms with Gasteiger partial charge in [0.2, 0.25) is 0 Å². The molecule has 0 saturated carbocycles. The molecule has 0 heterocycles. The maximum atomic E-state index is 12.2. The molecule has 0 aromatic heterocycles. The predicted octanol–water partition coefficient (Wildman–Crippen LogP) is 2.60. The zero-order valence-corrected chi connectivity index (χ0v) is 18.3. The van der Waals surface area contributed by atoms with Crippen molar-refractivity contribution < 1.29 is 29.2 Å². The Morgan fingerprint density at radius 2 is 1.67 bits per heavy atom. The van der Waals surface area contributed by atoms with Crippen molar-refractivity contribution in [3.05, 3.63) is 29.8 Å². The van der Waals surface area contributed by atoms with Crippen LogP contribution in [0.15, 0.2) is 24.3 Å². The third-order valence-corrected chi connectivity index (χ3v) is 4.93. The van der Waals surface area contributed by atoms with E-state index in [4.69, 9.17) is 25.1 Å². The largest absolute Gasteiger partial charge is 0.494 e. The highest BCUT2D eigenvalue weighted by molar-refractivity contribution is 5.80. The summed E-state index contributed by atoms with van der Waals surface area (Å²) in [6.07, 6.45) is 8.18. The van der Waals surface area contributed by atoms with Crippen molar-refractivity contribution in [3.8, 4) is 5.75 Å². The molecular formula is C23H39NO6. The second-order valence-electron chi connectivity index (χ2n) is 7.55. The van der Waals surface area contributed by atoms with Crippen molar-refractivity contribution in [2.45, 2.75) is 63.8 Å². The van der Waals surface area contributed by atoms with Gasteiger partial charge in [0.25, 0.3) is 0 Å². The number of nitrogens with two attached hydrogens (primary N) is 1. The standard InChI is InChI=1S/C23H39NO6/c1-2-3-4-5-6-7-15-29-21-10-8-20(9-11-21)12-13-23(24,19-26)22(27)30-18-17-28-16-14-25/h8-11,25-26H,2-7,12-19,24H2,1H3. The minimum Gasteiger partial charge on any atom is -0.494 e. The van der Waals surface area contributed by atoms with Gasteiger partial charge >= 0.3 is 5.97 Å². The van der Waals surface area contributed by atoms with Gasteiger partial charge in [-0.05, 0) is 37.0 Å². The molecule has 1 aromatic rings. The molecule has 1 unspecified atom stereocenters. The second-order valence-corrected chi connectivity index (χ2v) is 7.55. The number of aliphatic hydroxyl groups is 2. The van der Waals surface area contributed by atoms with E-state index in [2.05, 4.69) is 6.92 Å². The average molecular weight is 426 g/mol. The number of hydrogen-bond acceptors (Lipinski definition) is 7. The third kappa shape index (κ3) is 10.9. The lowest BCUT2D eigenvalue weighted by molar-refractivity contribution is -0.153. The molecule has 1 rings (SSSR count). The number of hydrogen-bond donors (Lipinski definition) is 3. The number of carbonyl (C=O) groups is 1. The molecule has 0 saturated heterocycles. The quantitative estimate of drug-likeness (QED) is 0.245. The molecule has 7 nitrogen and oxygen atoms in total. The highest BCUT2D eigenvalue weighted by Crippen LogP contribution is 2.18. The summed E-state index contributed by atoms with van der Waals surface area (Å²) in [5.41, 5.74) is 5.60. The number of benzene rings is 1. The van der Waals surface area contributed by atoms with Crippen molar-refractivity contribution >= 4 is 5.97 Å². The van der Waals surface area contributed by atoms with Crippen molar-refractivity contribution in [2.75, 3.05) is 39.6 Å². The van der Waals surface area contributed by atoms with Crippen LogP contribution in [0.2, 0.25) is 0 Å². The van der Waals surface area contributed by atoms with Gasteiger partial charge in [0.05, 0.1) is 33.0 Å². The summed E-state index contributed by atoms with van der Waals surface area (Å²) in [5, 5.41) is 18.2. The van der Waals surface area contributed by atoms with Crippen molar-refractivity contribution in [3.63, 3.8) is 0 Å². The van der Waals surface area contributed by atoms with Crippen LogP contribution in [0.4, 0.5) is 0 Å². The Kier molecular flexibility index (Phi) is 14.1. The predicted molar refractivity (Wildman–Crippen MR) is 117 cm³/mol. The Balaban J connectivity index is 2.33. The van der Waals surface area contributed by atoms with Crippen LogP contribution in [0.5, 0.6) is 5.75 Å². The monoisotopic (exact) mass is 425 g/mol. The molecule has 172 valence electrons. The van der Waals surface area contributed by atoms with Crippen molar-refractivity contribution in [2.24, 2.45) is 5.73 Å². The van der Waals surface area contributed by atoms with E-state index in [0.717, 1.165) is 24.3 Å². The van der Waals surface area contributed by atoms with Crippen molar-refractivity contribution in [1.29, 1.82) is 0 Å². The molecule has 0 radical (unpaired) electrons. The van der Waals surface area contributed by atoms with Crippen LogP contribution < -0.4 is 10.5 Å². The van der Waals surface area contributed by atoms with E-state index in [1.54, 1.807) is 0 Å². The molecular weight excluding hydrogens is 386 g/mol. The van der Waals surface area contributed by atoms with Crippen LogP contribution in [-0.2, 0) is 20.7 Å². The van der Waals surface area contributed by atoms with Gasteiger partial charge < -0.3 is 30.2 Å². The molecule has 0 aliphatic carbocycles. The van der Waals surface area contributed by atoms with E-state index >= 15 is 0 Å². The summed E-state index contributed by atoms with van der Waals surface area (Å²) >= 11 is 0. The summed E-state index contributed by atoms with van der Waals surface area (Å²) in [6.45, 7) is 2.74. The minimum absolute atomic E-state index is 0.0302. The van der Waals surface area contributed by atoms with E-state index < -0.39 is 18.1 Å². The first kappa shape index (κ1) is 26.4. The molecule has 0 spiro atoms. The molecule has 0 bridgehead atoms. The highest BCUT2D eigenvalue weighted by Gasteiger charge is 2.34. The molecule has 0 aliphatic heterocycles. The van der Waals surface area contributed by atoms with Gasteiger partial charge in [-0.1, -0.05) is 51.2 Å². The average Bonchev–Trinajstić information content (AvgIpc) is 2.77. The first-order chi connectivity index (χ1) is 14.6. The molecule has 1 atom stereocenters. The SMILES string of the molecule is CCCCCCCCOc1ccc(CCC(N)(CO)C(=O)OCCOCCO)cc1. The minimum atomic E-state index is -1.45. The first-order valence-corrected chi connectivity index (χ1v) is 11.0. The first-order valence-electron chi connectivity index (χ1n) is 11.0. The molecule has 4 N–H and O–H groups in total. The fourth-order valence-electron chi connectivity index (χ4n) is 2.94. The van der Waals surface area contributed by atoms with Crippen LogP contribution in [0.1, 0.15) is 57.4 Å². The Labute approximate surface area is 180 Å². The summed E-state index contributed by atoms with van der Waals surface area (Å²) < 4.78 is 15.9. The van der Waals surface area contributed by atoms with Crippen molar-refractivity contribution in [1.82, 2.24) is 0 Å². The lowest BCUT2D eigenvalue weighted by Crippen LogP contribution is -2.52. The van der Waals surface area contributed by atoms with Crippen LogP contribution in [0.25, 0.3) is 0 Å². The summed E-state index contributed by atoms with van der Waals surface area (Å²) in [6, 6.07) is 7.73. The Morgan fingerprint density at radius 3 is 2.33 bits per heavy atom. The van der Waals surface area contributed by atoms with Gasteiger partial charge in [-0.25, -0.2) is 4.79 Å². The molecule has 30 heavy (non-hydrogen) atoms. The lowest BCUT2D eigenvalue weighted by atomic mass is 9.93. The van der Waals surface area contributed by atoms with Crippen LogP contribution >= 0.6 is 0 Å². The maximum absolute atomic E-state index is 12.2. The summed E-state index contributed by atoms with van der Waals surface area (Å²) in [7, 11) is 0. The number of ether oxygens (including phenoxy) is 3. The number of aliphatic hydroxyl groups excluding tert-OH is 2. The summed E-state index contributed by atoms with van der Waals surface area (Å²) in [5.74, 6) is 0.173. The number of aryl methyl sites for hydroxylation is 1. The normalized spacial score (nSPS) is 13.1. The maximum Gasteiger partial charge on any atom is 0.328 e. The van der Waals surface area contributed by atoms with E-state index in [9.17, 15) is 9.90 Å². The van der Waals surface area contributed by atoms with E-state index in [1.165, 1.54) is 32.1 Å². The van der Waals surface area contributed by atoms with Crippen LogP contribution in [0.3, 0.4) is 0 Å². The second kappa shape index (κ2) is 16.1. The fourth-order valence-corrected chi connectivity index (χ4v) is 2.94. The van der Waals surface area contributed by atoms with Crippen LogP contribution in [0, 0.1) is 0 Å². The Bertz CT molecular complexity index is 565. The third-order valence-electron chi connectivity index (χ3n) is 4.93. The van der Waals surface area contributed by atoms with Gasteiger partial charge in [0.1, 0.15) is 17.9 Å². The van der Waals surface area contributed by atoms with Gasteiger partial charge in [0, 0.05) is 0 Å². The molecule has 7 heteroatoms. The summed E-state index contributed by atoms with van der Waals surface area (Å²) in [4.78, 5) is 12.2. The highest BCUT2D eigenvalue weighted by atomic mass is 16.6. The van der Waals surface area contributed by atoms with Gasteiger partial charge in [-0.15, -0.1) is 0 Å². The molecule has 0 aliphatic rings. The smallest absolute Gasteiger partial charge is 0.328 e. The molecule has 0 fully saturated rings. The molecule has 0 amide bonds. The zero-order valence-electron chi connectivity index (χ0n) is 18.3. The lowest BCUT2D eigenvalue weighted by Gasteiger charge is -2.25. The van der Waals surface area contributed by atoms with Crippen LogP contribution in [-0.4, -0.2) is 61.4 Å². The van der Waals surface area contributed by atoms with Gasteiger partial charge in [-0.3, -0.25) is 0 Å². The van der Waals surface area contributed by atoms with E-state index in [-0.39, 0.29) is 32.8 Å². The zero-order chi connectivity index (χ0) is 22.1. The number of unbranched alkanes of at least 4 members (excludes halogenated alkanes) is 5. The topological polar surface area (TPSA) is 111 Å². The Morgan fingerprint density at radius 1 is 0.967 bits per heavy atom. The van der Waals surface area contributed by atoms with Gasteiger partial charge in [0.15, 0.2) is 0 Å². The number of carbonyl (C=O) groups excluding carboxylic acids is 1. The van der Waals surface area contributed by atoms with Gasteiger partial charge in [-0.2, -0.15) is 0 Å². The fraction of sp³-hybridized carbons (Fsp3) is 0.696. The van der Waals surface area contributed by atoms with E-state index in [1.807, 2.05) is 24.3 Å².